The molecule has 6 heteroatoms. The maximum Gasteiger partial charge on any atom is 0.0619 e. The number of para-hydroxylation sites is 8. The fourth-order valence-electron chi connectivity index (χ4n) is 20.4. The highest BCUT2D eigenvalue weighted by Crippen LogP contribution is 2.43. The van der Waals surface area contributed by atoms with Gasteiger partial charge in [-0.25, -0.2) is 0 Å². The molecule has 6 nitrogen and oxygen atoms in total. The van der Waals surface area contributed by atoms with E-state index in [4.69, 9.17) is 0 Å². The summed E-state index contributed by atoms with van der Waals surface area (Å²) >= 11 is 0. The van der Waals surface area contributed by atoms with Gasteiger partial charge in [0.1, 0.15) is 0 Å². The standard InChI is InChI=1S/C30H21N.2C22H15N.3C17H13N/c1-4-10-22(11-5-1)24-16-18-29-27(20-24)28-21-25(23-12-6-2-7-13-23)17-19-30(28)31(29)26-14-8-3-9-15-26;1-2-9-17(10-3-1)23-21-13-7-6-12-19(21)20-15-14-16-8-4-5-11-18(16)22(20)23;1-2-9-17(10-3-1)23-20-13-7-6-12-19(20)22-18-11-5-4-8-16(18)14-15-21(22)23;1-18-16-9-5-4-8-14(16)15-10-12-6-2-3-7-13(12)11-17(15)18;1-18-16-9-5-4-8-14(16)15-11-10-12-6-2-3-7-13(12)17(15)18;1-18-15-9-5-4-8-14(15)17-13-7-3-2-6-12(13)10-11-16(17)18/h1-21H;2*1-15H;3*2-11H,1H3. The van der Waals surface area contributed by atoms with Gasteiger partial charge < -0.3 is 27.4 Å². The topological polar surface area (TPSA) is 29.6 Å². The average Bonchev–Trinajstić information content (AvgIpc) is 1.59. The van der Waals surface area contributed by atoms with Crippen molar-refractivity contribution in [3.05, 3.63) is 491 Å². The smallest absolute Gasteiger partial charge is 0.0619 e. The van der Waals surface area contributed by atoms with Gasteiger partial charge in [0.15, 0.2) is 0 Å². The zero-order chi connectivity index (χ0) is 87.4. The van der Waals surface area contributed by atoms with Crippen molar-refractivity contribution in [1.29, 1.82) is 0 Å². The van der Waals surface area contributed by atoms with Crippen molar-refractivity contribution in [2.24, 2.45) is 21.1 Å². The molecule has 28 rings (SSSR count). The molecule has 0 aliphatic heterocycles. The van der Waals surface area contributed by atoms with Crippen LogP contribution in [0.5, 0.6) is 0 Å². The number of aryl methyl sites for hydroxylation is 3. The van der Waals surface area contributed by atoms with Crippen LogP contribution in [0.3, 0.4) is 0 Å². The lowest BCUT2D eigenvalue weighted by molar-refractivity contribution is 1.01. The molecule has 0 unspecified atom stereocenters. The summed E-state index contributed by atoms with van der Waals surface area (Å²) < 4.78 is 14.0. The van der Waals surface area contributed by atoms with Crippen molar-refractivity contribution in [3.63, 3.8) is 0 Å². The van der Waals surface area contributed by atoms with Gasteiger partial charge >= 0.3 is 0 Å². The first-order chi connectivity index (χ1) is 64.8. The van der Waals surface area contributed by atoms with E-state index in [0.717, 1.165) is 0 Å². The summed E-state index contributed by atoms with van der Waals surface area (Å²) in [6.07, 6.45) is 0. The molecule has 0 atom stereocenters. The zero-order valence-corrected chi connectivity index (χ0v) is 72.9. The molecule has 0 spiro atoms. The molecule has 0 fully saturated rings. The molecule has 0 amide bonds. The lowest BCUT2D eigenvalue weighted by Crippen LogP contribution is -1.93. The molecule has 22 aromatic carbocycles. The molecule has 0 saturated heterocycles. The van der Waals surface area contributed by atoms with E-state index in [2.05, 4.69) is 540 Å². The summed E-state index contributed by atoms with van der Waals surface area (Å²) in [5.41, 5.74) is 23.9. The Morgan fingerprint density at radius 3 is 0.908 bits per heavy atom. The molecule has 0 aliphatic carbocycles. The van der Waals surface area contributed by atoms with Crippen LogP contribution in [-0.2, 0) is 21.1 Å². The van der Waals surface area contributed by atoms with Gasteiger partial charge in [0.2, 0.25) is 0 Å². The molecule has 6 aromatic heterocycles. The lowest BCUT2D eigenvalue weighted by atomic mass is 10.0. The Kier molecular flexibility index (Phi) is 20.2. The van der Waals surface area contributed by atoms with Crippen LogP contribution in [0.4, 0.5) is 0 Å². The van der Waals surface area contributed by atoms with Crippen molar-refractivity contribution in [3.8, 4) is 39.3 Å². The first-order valence-electron chi connectivity index (χ1n) is 45.0. The molecular formula is C125H90N6. The Morgan fingerprint density at radius 1 is 0.130 bits per heavy atom. The Balaban J connectivity index is 0.0000000904. The quantitative estimate of drug-likeness (QED) is 0.164. The van der Waals surface area contributed by atoms with Gasteiger partial charge in [0.25, 0.3) is 0 Å². The zero-order valence-electron chi connectivity index (χ0n) is 72.9. The first-order valence-corrected chi connectivity index (χ1v) is 45.0. The van der Waals surface area contributed by atoms with E-state index in [1.54, 1.807) is 0 Å². The van der Waals surface area contributed by atoms with Crippen LogP contribution >= 0.6 is 0 Å². The van der Waals surface area contributed by atoms with E-state index in [1.807, 2.05) is 0 Å². The number of fused-ring (bicyclic) bond motifs is 27. The Hall–Kier alpha value is -17.1. The summed E-state index contributed by atoms with van der Waals surface area (Å²) in [5, 5.41) is 28.9. The van der Waals surface area contributed by atoms with Crippen LogP contribution in [0.1, 0.15) is 0 Å². The summed E-state index contributed by atoms with van der Waals surface area (Å²) in [6, 6.07) is 175. The monoisotopic (exact) mass is 1670 g/mol. The van der Waals surface area contributed by atoms with Gasteiger partial charge in [-0.3, -0.25) is 0 Å². The average molecular weight is 1680 g/mol. The minimum absolute atomic E-state index is 1.18. The molecule has 0 N–H and O–H groups in total. The van der Waals surface area contributed by atoms with E-state index in [9.17, 15) is 0 Å². The Labute approximate surface area is 758 Å². The first kappa shape index (κ1) is 78.6. The number of hydrogen-bond acceptors (Lipinski definition) is 0. The molecule has 0 aliphatic rings. The van der Waals surface area contributed by atoms with E-state index < -0.39 is 0 Å². The highest BCUT2D eigenvalue weighted by molar-refractivity contribution is 6.24. The minimum atomic E-state index is 1.18. The lowest BCUT2D eigenvalue weighted by Gasteiger charge is -2.09. The molecule has 6 heterocycles. The van der Waals surface area contributed by atoms with Crippen molar-refractivity contribution >= 4 is 185 Å². The van der Waals surface area contributed by atoms with Gasteiger partial charge in [-0.2, -0.15) is 0 Å². The molecule has 28 aromatic rings. The van der Waals surface area contributed by atoms with Gasteiger partial charge in [0.05, 0.1) is 38.6 Å². The van der Waals surface area contributed by atoms with Gasteiger partial charge in [-0.05, 0) is 181 Å². The highest BCUT2D eigenvalue weighted by Gasteiger charge is 2.20. The molecule has 620 valence electrons. The van der Waals surface area contributed by atoms with Crippen LogP contribution in [0.15, 0.2) is 491 Å². The fraction of sp³-hybridized carbons (Fsp3) is 0.0240. The number of nitrogens with zero attached hydrogens (tertiary/aromatic N) is 6. The minimum Gasteiger partial charge on any atom is -0.344 e. The second-order valence-electron chi connectivity index (χ2n) is 33.9. The molecule has 0 bridgehead atoms. The predicted octanol–water partition coefficient (Wildman–Crippen LogP) is 33.4. The summed E-state index contributed by atoms with van der Waals surface area (Å²) in [5.74, 6) is 0. The SMILES string of the molecule is Cn1c2ccccc2c2c3ccccc3ccc21.Cn1c2ccccc2c2cc3ccccc3cc21.Cn1c2ccccc2c2ccc3ccccc3c21.c1ccc(-c2ccc3c(c2)c2cc(-c4ccccc4)ccc2n3-c2ccccc2)cc1.c1ccc(-n2c3ccccc3c3c4ccccc4ccc32)cc1.c1ccc(-n2c3ccccc3c3ccc4ccccc4c32)cc1. The number of rotatable bonds is 5. The van der Waals surface area contributed by atoms with E-state index in [1.165, 1.54) is 224 Å². The van der Waals surface area contributed by atoms with Crippen LogP contribution in [-0.4, -0.2) is 27.4 Å². The van der Waals surface area contributed by atoms with Crippen molar-refractivity contribution in [2.45, 2.75) is 0 Å². The van der Waals surface area contributed by atoms with Crippen molar-refractivity contribution < 1.29 is 0 Å². The Morgan fingerprint density at radius 2 is 0.412 bits per heavy atom. The Bertz CT molecular complexity index is 9050. The summed E-state index contributed by atoms with van der Waals surface area (Å²) in [7, 11) is 6.43. The molecular weight excluding hydrogens is 1590 g/mol. The van der Waals surface area contributed by atoms with Crippen LogP contribution < -0.4 is 0 Å². The third-order valence-corrected chi connectivity index (χ3v) is 26.5. The summed E-state index contributed by atoms with van der Waals surface area (Å²) in [6.45, 7) is 0. The van der Waals surface area contributed by atoms with Crippen molar-refractivity contribution in [2.75, 3.05) is 0 Å². The van der Waals surface area contributed by atoms with Crippen LogP contribution in [0.25, 0.3) is 224 Å². The van der Waals surface area contributed by atoms with E-state index in [-0.39, 0.29) is 0 Å². The van der Waals surface area contributed by atoms with Crippen LogP contribution in [0.2, 0.25) is 0 Å². The largest absolute Gasteiger partial charge is 0.344 e. The van der Waals surface area contributed by atoms with E-state index in [0.29, 0.717) is 0 Å². The molecule has 131 heavy (non-hydrogen) atoms. The van der Waals surface area contributed by atoms with Gasteiger partial charge in [0, 0.05) is 141 Å². The van der Waals surface area contributed by atoms with Gasteiger partial charge in [-0.1, -0.05) is 376 Å². The fourth-order valence-corrected chi connectivity index (χ4v) is 20.4. The summed E-state index contributed by atoms with van der Waals surface area (Å²) in [4.78, 5) is 0. The van der Waals surface area contributed by atoms with E-state index >= 15 is 0 Å². The number of aromatic nitrogens is 6. The number of benzene rings is 22. The second kappa shape index (κ2) is 33.7. The van der Waals surface area contributed by atoms with Crippen molar-refractivity contribution in [1.82, 2.24) is 27.4 Å². The third kappa shape index (κ3) is 14.0. The maximum atomic E-state index is 2.38. The number of hydrogen-bond donors (Lipinski definition) is 0. The molecule has 0 saturated carbocycles. The highest BCUT2D eigenvalue weighted by atomic mass is 15.0. The normalized spacial score (nSPS) is 11.5. The molecule has 0 radical (unpaired) electrons. The van der Waals surface area contributed by atoms with Gasteiger partial charge in [-0.15, -0.1) is 0 Å². The maximum absolute atomic E-state index is 2.38. The second-order valence-corrected chi connectivity index (χ2v) is 33.9. The van der Waals surface area contributed by atoms with Crippen LogP contribution in [0, 0.1) is 0 Å². The predicted molar refractivity (Wildman–Crippen MR) is 562 cm³/mol. The third-order valence-electron chi connectivity index (χ3n) is 26.5.